The van der Waals surface area contributed by atoms with Crippen molar-refractivity contribution in [2.45, 2.75) is 161 Å². The maximum atomic E-state index is 11.3. The van der Waals surface area contributed by atoms with E-state index in [2.05, 4.69) is 202 Å². The average Bonchev–Trinajstić information content (AvgIpc) is 3.68. The molecule has 0 spiro atoms. The topological polar surface area (TPSA) is 47.9 Å². The third-order valence-corrected chi connectivity index (χ3v) is 26.4. The molecule has 0 radical (unpaired) electrons. The summed E-state index contributed by atoms with van der Waals surface area (Å²) in [5.74, 6) is 0.879. The van der Waals surface area contributed by atoms with Gasteiger partial charge in [0.15, 0.2) is 0 Å². The summed E-state index contributed by atoms with van der Waals surface area (Å²) >= 11 is 0. The number of benzene rings is 4. The van der Waals surface area contributed by atoms with Gasteiger partial charge in [0.1, 0.15) is 0 Å². The molecule has 1 N–H and O–H groups in total. The molecule has 4 nitrogen and oxygen atoms in total. The van der Waals surface area contributed by atoms with Gasteiger partial charge in [-0.25, -0.2) is 0 Å². The molecular weight excluding hydrogens is 865 g/mol. The number of rotatable bonds is 18. The molecule has 3 saturated carbocycles. The molecular formula is C62H84O4Si2. The molecule has 3 aliphatic carbocycles. The van der Waals surface area contributed by atoms with Crippen molar-refractivity contribution >= 4 is 37.4 Å². The largest absolute Gasteiger partial charge is 0.404 e. The third kappa shape index (κ3) is 10.6. The molecule has 0 aliphatic heterocycles. The molecule has 0 unspecified atom stereocenters. The number of allylic oxidation sites excluding steroid dienone is 3. The van der Waals surface area contributed by atoms with Crippen LogP contribution < -0.4 is 20.7 Å². The molecule has 0 saturated heterocycles. The Bertz CT molecular complexity index is 2260. The standard InChI is InChI=1S/C62H84O4Si2/c1-12-40-62(63,41-13-2)46-64-45-47(3)56-38-39-57-49(27-26-42-61(56,57)11)36-37-50-43-51(65-67(59(5,6)7,52-28-18-14-19-29-52)53-30-20-15-21-31-53)44-58(48(50)4)66-68(60(8,9)10,54-32-22-16-23-33-54)55-34-24-17-25-35-55/h14-25,28-37,51,56-58,63H,3-4,12-13,26-27,38-46H2,1-2,5-11H3/b49-36+,50-37+/t51-,56-,57+,58+,61-/m1/s1. The first-order valence-corrected chi connectivity index (χ1v) is 29.9. The van der Waals surface area contributed by atoms with Gasteiger partial charge >= 0.3 is 0 Å². The van der Waals surface area contributed by atoms with E-state index >= 15 is 0 Å². The van der Waals surface area contributed by atoms with Crippen LogP contribution in [0.5, 0.6) is 0 Å². The van der Waals surface area contributed by atoms with Crippen molar-refractivity contribution in [2.75, 3.05) is 13.2 Å². The van der Waals surface area contributed by atoms with E-state index in [0.717, 1.165) is 63.4 Å². The highest BCUT2D eigenvalue weighted by Crippen LogP contribution is 2.59. The Hall–Kier alpha value is -3.89. The van der Waals surface area contributed by atoms with Gasteiger partial charge in [0, 0.05) is 6.42 Å². The van der Waals surface area contributed by atoms with Gasteiger partial charge in [-0.1, -0.05) is 227 Å². The lowest BCUT2D eigenvalue weighted by Gasteiger charge is -2.49. The van der Waals surface area contributed by atoms with E-state index in [0.29, 0.717) is 25.0 Å². The molecule has 364 valence electrons. The van der Waals surface area contributed by atoms with Crippen LogP contribution in [0.2, 0.25) is 10.1 Å². The SMILES string of the molecule is C=C1/C(=C/C=C2\CCC[C@]3(C)[C@@H](C(=C)COCC(O)(CCC)CCC)CC[C@@H]23)C[C@@H](O[Si](c2ccccc2)(c2ccccc2)C(C)(C)C)C[C@@H]1O[Si](c1ccccc1)(c1ccccc1)C(C)(C)C. The molecule has 4 aromatic carbocycles. The van der Waals surface area contributed by atoms with Crippen molar-refractivity contribution in [1.82, 2.24) is 0 Å². The summed E-state index contributed by atoms with van der Waals surface area (Å²) in [5.41, 5.74) is 4.43. The van der Waals surface area contributed by atoms with E-state index in [-0.39, 0.29) is 27.7 Å². The van der Waals surface area contributed by atoms with Crippen LogP contribution in [0.3, 0.4) is 0 Å². The first-order valence-electron chi connectivity index (χ1n) is 26.1. The zero-order chi connectivity index (χ0) is 48.8. The Morgan fingerprint density at radius 2 is 1.18 bits per heavy atom. The van der Waals surface area contributed by atoms with Crippen LogP contribution in [0.1, 0.15) is 133 Å². The Morgan fingerprint density at radius 3 is 1.63 bits per heavy atom. The molecule has 5 atom stereocenters. The molecule has 4 aromatic rings. The molecule has 0 aromatic heterocycles. The maximum Gasteiger partial charge on any atom is 0.261 e. The summed E-state index contributed by atoms with van der Waals surface area (Å²) in [4.78, 5) is 0. The maximum absolute atomic E-state index is 11.3. The minimum atomic E-state index is -2.97. The van der Waals surface area contributed by atoms with Crippen molar-refractivity contribution in [2.24, 2.45) is 17.3 Å². The van der Waals surface area contributed by atoms with Crippen molar-refractivity contribution in [1.29, 1.82) is 0 Å². The molecule has 0 amide bonds. The number of hydrogen-bond donors (Lipinski definition) is 1. The summed E-state index contributed by atoms with van der Waals surface area (Å²) in [5, 5.41) is 16.1. The summed E-state index contributed by atoms with van der Waals surface area (Å²) < 4.78 is 22.5. The molecule has 3 aliphatic rings. The zero-order valence-electron chi connectivity index (χ0n) is 43.3. The van der Waals surface area contributed by atoms with E-state index in [1.165, 1.54) is 44.7 Å². The second-order valence-corrected chi connectivity index (χ2v) is 31.5. The van der Waals surface area contributed by atoms with Gasteiger partial charge in [0.2, 0.25) is 0 Å². The highest BCUT2D eigenvalue weighted by molar-refractivity contribution is 7.00. The van der Waals surface area contributed by atoms with Crippen LogP contribution in [-0.4, -0.2) is 52.8 Å². The zero-order valence-corrected chi connectivity index (χ0v) is 45.3. The van der Waals surface area contributed by atoms with Gasteiger partial charge < -0.3 is 18.7 Å². The van der Waals surface area contributed by atoms with Crippen LogP contribution in [0.15, 0.2) is 169 Å². The highest BCUT2D eigenvalue weighted by atomic mass is 28.4. The lowest BCUT2D eigenvalue weighted by atomic mass is 9.62. The Morgan fingerprint density at radius 1 is 0.706 bits per heavy atom. The van der Waals surface area contributed by atoms with E-state index in [1.54, 1.807) is 5.57 Å². The quantitative estimate of drug-likeness (QED) is 0.0797. The molecule has 0 heterocycles. The van der Waals surface area contributed by atoms with Gasteiger partial charge in [-0.2, -0.15) is 0 Å². The minimum Gasteiger partial charge on any atom is -0.404 e. The smallest absolute Gasteiger partial charge is 0.261 e. The van der Waals surface area contributed by atoms with Crippen molar-refractivity contribution in [3.05, 3.63) is 169 Å². The monoisotopic (exact) mass is 949 g/mol. The van der Waals surface area contributed by atoms with E-state index in [1.807, 2.05) is 0 Å². The average molecular weight is 950 g/mol. The lowest BCUT2D eigenvalue weighted by molar-refractivity contribution is -0.0547. The number of fused-ring (bicyclic) bond motifs is 1. The van der Waals surface area contributed by atoms with Crippen LogP contribution in [0.25, 0.3) is 0 Å². The summed E-state index contributed by atoms with van der Waals surface area (Å²) in [6, 6.07) is 44.3. The first kappa shape index (κ1) is 52.0. The normalized spacial score (nSPS) is 24.1. The van der Waals surface area contributed by atoms with Gasteiger partial charge in [-0.3, -0.25) is 0 Å². The molecule has 68 heavy (non-hydrogen) atoms. The predicted molar refractivity (Wildman–Crippen MR) is 292 cm³/mol. The summed E-state index contributed by atoms with van der Waals surface area (Å²) in [6.45, 7) is 31.6. The van der Waals surface area contributed by atoms with Crippen molar-refractivity contribution in [3.8, 4) is 0 Å². The Labute approximate surface area is 414 Å². The van der Waals surface area contributed by atoms with Gasteiger partial charge in [-0.05, 0) is 116 Å². The van der Waals surface area contributed by atoms with Crippen LogP contribution in [0.4, 0.5) is 0 Å². The van der Waals surface area contributed by atoms with Crippen LogP contribution in [0, 0.1) is 17.3 Å². The molecule has 6 heteroatoms. The molecule has 0 bridgehead atoms. The van der Waals surface area contributed by atoms with Crippen LogP contribution in [-0.2, 0) is 13.6 Å². The van der Waals surface area contributed by atoms with E-state index in [4.69, 9.17) is 20.2 Å². The lowest BCUT2D eigenvalue weighted by Crippen LogP contribution is -2.69. The Kier molecular flexibility index (Phi) is 16.5. The van der Waals surface area contributed by atoms with E-state index in [9.17, 15) is 5.11 Å². The summed E-state index contributed by atoms with van der Waals surface area (Å²) in [6.07, 6.45) is 15.2. The Balaban J connectivity index is 1.28. The minimum absolute atomic E-state index is 0.109. The van der Waals surface area contributed by atoms with Gasteiger partial charge in [0.25, 0.3) is 16.6 Å². The number of ether oxygens (including phenoxy) is 1. The van der Waals surface area contributed by atoms with Crippen molar-refractivity contribution in [3.63, 3.8) is 0 Å². The van der Waals surface area contributed by atoms with Crippen LogP contribution >= 0.6 is 0 Å². The number of hydrogen-bond acceptors (Lipinski definition) is 4. The first-order chi connectivity index (χ1) is 32.4. The summed E-state index contributed by atoms with van der Waals surface area (Å²) in [7, 11) is -5.89. The second-order valence-electron chi connectivity index (χ2n) is 23.0. The van der Waals surface area contributed by atoms with Crippen molar-refractivity contribution < 1.29 is 18.7 Å². The molecule has 7 rings (SSSR count). The fourth-order valence-corrected chi connectivity index (χ4v) is 22.4. The third-order valence-electron chi connectivity index (χ3n) is 16.3. The van der Waals surface area contributed by atoms with Gasteiger partial charge in [-0.15, -0.1) is 0 Å². The fraction of sp³-hybridized carbons (Fsp3) is 0.484. The fourth-order valence-electron chi connectivity index (χ4n) is 13.1. The number of aliphatic hydroxyl groups is 1. The van der Waals surface area contributed by atoms with E-state index < -0.39 is 22.2 Å². The molecule has 3 fully saturated rings. The second kappa shape index (κ2) is 21.6. The highest BCUT2D eigenvalue weighted by Gasteiger charge is 2.55. The van der Waals surface area contributed by atoms with Gasteiger partial charge in [0.05, 0.1) is 31.0 Å². The predicted octanol–water partition coefficient (Wildman–Crippen LogP) is 13.2.